The summed E-state index contributed by atoms with van der Waals surface area (Å²) in [6.45, 7) is 19.7. The van der Waals surface area contributed by atoms with E-state index in [0.29, 0.717) is 0 Å². The van der Waals surface area contributed by atoms with Crippen molar-refractivity contribution in [2.24, 2.45) is 0 Å². The molecule has 0 nitrogen and oxygen atoms in total. The Hall–Kier alpha value is -1.56. The summed E-state index contributed by atoms with van der Waals surface area (Å²) in [5.74, 6) is 0. The molecule has 2 aromatic rings. The van der Waals surface area contributed by atoms with Crippen LogP contribution in [0.2, 0.25) is 0 Å². The van der Waals surface area contributed by atoms with E-state index in [1.807, 2.05) is 0 Å². The molecule has 3 aliphatic carbocycles. The molecule has 0 saturated heterocycles. The van der Waals surface area contributed by atoms with Crippen LogP contribution in [0.15, 0.2) is 24.3 Å². The molecule has 0 amide bonds. The molecule has 0 aliphatic heterocycles. The zero-order valence-corrected chi connectivity index (χ0v) is 19.8. The summed E-state index contributed by atoms with van der Waals surface area (Å²) in [7, 11) is 0. The van der Waals surface area contributed by atoms with Gasteiger partial charge in [0.15, 0.2) is 0 Å². The van der Waals surface area contributed by atoms with Crippen LogP contribution in [0.25, 0.3) is 11.1 Å². The molecular formula is C29H38. The van der Waals surface area contributed by atoms with Crippen LogP contribution < -0.4 is 0 Å². The molecule has 2 aromatic carbocycles. The molecular weight excluding hydrogens is 348 g/mol. The van der Waals surface area contributed by atoms with Crippen LogP contribution in [-0.2, 0) is 28.1 Å². The summed E-state index contributed by atoms with van der Waals surface area (Å²) >= 11 is 0. The van der Waals surface area contributed by atoms with Gasteiger partial charge in [-0.2, -0.15) is 0 Å². The molecule has 0 heterocycles. The van der Waals surface area contributed by atoms with E-state index in [4.69, 9.17) is 0 Å². The summed E-state index contributed by atoms with van der Waals surface area (Å²) < 4.78 is 0. The summed E-state index contributed by atoms with van der Waals surface area (Å²) in [6.07, 6.45) is 6.29. The van der Waals surface area contributed by atoms with Crippen molar-refractivity contribution in [3.63, 3.8) is 0 Å². The first-order valence-electron chi connectivity index (χ1n) is 11.7. The van der Waals surface area contributed by atoms with E-state index in [1.165, 1.54) is 36.8 Å². The molecule has 0 N–H and O–H groups in total. The Bertz CT molecular complexity index is 943. The fourth-order valence-corrected chi connectivity index (χ4v) is 6.79. The lowest BCUT2D eigenvalue weighted by atomic mass is 9.61. The molecule has 0 saturated carbocycles. The van der Waals surface area contributed by atoms with Crippen molar-refractivity contribution in [2.45, 2.75) is 109 Å². The maximum absolute atomic E-state index is 2.48. The molecule has 0 bridgehead atoms. The lowest BCUT2D eigenvalue weighted by Gasteiger charge is -2.43. The van der Waals surface area contributed by atoms with Crippen LogP contribution in [0.4, 0.5) is 0 Å². The molecule has 0 fully saturated rings. The zero-order valence-electron chi connectivity index (χ0n) is 19.8. The van der Waals surface area contributed by atoms with Gasteiger partial charge in [0.2, 0.25) is 0 Å². The highest BCUT2D eigenvalue weighted by atomic mass is 14.5. The minimum Gasteiger partial charge on any atom is -0.0576 e. The minimum absolute atomic E-state index is 0.271. The highest BCUT2D eigenvalue weighted by Crippen LogP contribution is 2.55. The molecule has 0 heteroatoms. The normalized spacial score (nSPS) is 24.3. The number of rotatable bonds is 0. The van der Waals surface area contributed by atoms with Crippen molar-refractivity contribution in [2.75, 3.05) is 0 Å². The third-order valence-electron chi connectivity index (χ3n) is 8.83. The third kappa shape index (κ3) is 2.57. The SMILES string of the molecule is CC1(C)CCC(C)(C)c2c1ccc1c2Cc2c-1ccc1c2C(C)(C)CCC1(C)C. The summed E-state index contributed by atoms with van der Waals surface area (Å²) in [5, 5.41) is 0. The molecule has 5 rings (SSSR count). The van der Waals surface area contributed by atoms with E-state index in [9.17, 15) is 0 Å². The molecule has 0 radical (unpaired) electrons. The molecule has 0 unspecified atom stereocenters. The topological polar surface area (TPSA) is 0 Å². The second-order valence-corrected chi connectivity index (χ2v) is 12.7. The standard InChI is InChI=1S/C29H38/c1-26(2)13-15-28(5,6)24-20-17-21-19(18(20)9-11-22(24)26)10-12-23-25(21)29(7,8)16-14-27(23,3)4/h9-12H,13-17H2,1-8H3. The average molecular weight is 387 g/mol. The van der Waals surface area contributed by atoms with E-state index >= 15 is 0 Å². The minimum atomic E-state index is 0.271. The fraction of sp³-hybridized carbons (Fsp3) is 0.586. The fourth-order valence-electron chi connectivity index (χ4n) is 6.79. The van der Waals surface area contributed by atoms with Crippen molar-refractivity contribution < 1.29 is 0 Å². The van der Waals surface area contributed by atoms with E-state index in [1.54, 1.807) is 33.4 Å². The summed E-state index contributed by atoms with van der Waals surface area (Å²) in [6, 6.07) is 9.85. The predicted molar refractivity (Wildman–Crippen MR) is 125 cm³/mol. The highest BCUT2D eigenvalue weighted by molar-refractivity contribution is 5.82. The van der Waals surface area contributed by atoms with Gasteiger partial charge < -0.3 is 0 Å². The van der Waals surface area contributed by atoms with Crippen LogP contribution in [0.5, 0.6) is 0 Å². The van der Waals surface area contributed by atoms with Crippen LogP contribution >= 0.6 is 0 Å². The van der Waals surface area contributed by atoms with E-state index in [0.717, 1.165) is 6.42 Å². The van der Waals surface area contributed by atoms with Crippen LogP contribution in [0.1, 0.15) is 114 Å². The molecule has 3 aliphatic rings. The van der Waals surface area contributed by atoms with Gasteiger partial charge in [0, 0.05) is 0 Å². The van der Waals surface area contributed by atoms with Crippen molar-refractivity contribution in [1.82, 2.24) is 0 Å². The first kappa shape index (κ1) is 19.4. The van der Waals surface area contributed by atoms with Gasteiger partial charge in [0.1, 0.15) is 0 Å². The Kier molecular flexibility index (Phi) is 3.73. The largest absolute Gasteiger partial charge is 0.0576 e. The van der Waals surface area contributed by atoms with Crippen LogP contribution in [-0.4, -0.2) is 0 Å². The lowest BCUT2D eigenvalue weighted by Crippen LogP contribution is -2.35. The third-order valence-corrected chi connectivity index (χ3v) is 8.83. The summed E-state index contributed by atoms with van der Waals surface area (Å²) in [5.41, 5.74) is 14.0. The summed E-state index contributed by atoms with van der Waals surface area (Å²) in [4.78, 5) is 0. The Morgan fingerprint density at radius 1 is 0.483 bits per heavy atom. The van der Waals surface area contributed by atoms with E-state index < -0.39 is 0 Å². The number of hydrogen-bond acceptors (Lipinski definition) is 0. The van der Waals surface area contributed by atoms with Gasteiger partial charge in [-0.3, -0.25) is 0 Å². The van der Waals surface area contributed by atoms with Crippen LogP contribution in [0.3, 0.4) is 0 Å². The maximum Gasteiger partial charge on any atom is -0.000735 e. The highest BCUT2D eigenvalue weighted by Gasteiger charge is 2.44. The predicted octanol–water partition coefficient (Wildman–Crippen LogP) is 7.96. The first-order chi connectivity index (χ1) is 13.4. The number of hydrogen-bond donors (Lipinski definition) is 0. The lowest BCUT2D eigenvalue weighted by molar-refractivity contribution is 0.328. The Labute approximate surface area is 178 Å². The zero-order chi connectivity index (χ0) is 21.0. The first-order valence-corrected chi connectivity index (χ1v) is 11.7. The van der Waals surface area contributed by atoms with Gasteiger partial charge in [0.25, 0.3) is 0 Å². The second kappa shape index (κ2) is 5.57. The Morgan fingerprint density at radius 2 is 0.828 bits per heavy atom. The Morgan fingerprint density at radius 3 is 1.21 bits per heavy atom. The Balaban J connectivity index is 1.78. The molecule has 0 spiro atoms. The monoisotopic (exact) mass is 386 g/mol. The molecule has 0 atom stereocenters. The van der Waals surface area contributed by atoms with Gasteiger partial charge in [-0.05, 0) is 98.3 Å². The van der Waals surface area contributed by atoms with Crippen molar-refractivity contribution in [3.05, 3.63) is 57.6 Å². The maximum atomic E-state index is 2.48. The quantitative estimate of drug-likeness (QED) is 0.367. The van der Waals surface area contributed by atoms with Gasteiger partial charge in [-0.15, -0.1) is 0 Å². The number of fused-ring (bicyclic) bond motifs is 7. The van der Waals surface area contributed by atoms with Crippen molar-refractivity contribution >= 4 is 0 Å². The van der Waals surface area contributed by atoms with Crippen molar-refractivity contribution in [3.8, 4) is 11.1 Å². The number of benzene rings is 2. The smallest absolute Gasteiger partial charge is 0.000735 e. The second-order valence-electron chi connectivity index (χ2n) is 12.7. The van der Waals surface area contributed by atoms with E-state index in [2.05, 4.69) is 79.7 Å². The van der Waals surface area contributed by atoms with Gasteiger partial charge in [0.05, 0.1) is 0 Å². The van der Waals surface area contributed by atoms with E-state index in [-0.39, 0.29) is 21.7 Å². The molecule has 29 heavy (non-hydrogen) atoms. The van der Waals surface area contributed by atoms with Gasteiger partial charge in [-0.1, -0.05) is 79.7 Å². The van der Waals surface area contributed by atoms with Crippen LogP contribution in [0, 0.1) is 0 Å². The van der Waals surface area contributed by atoms with Gasteiger partial charge >= 0.3 is 0 Å². The van der Waals surface area contributed by atoms with Crippen molar-refractivity contribution in [1.29, 1.82) is 0 Å². The molecule has 0 aromatic heterocycles. The average Bonchev–Trinajstić information content (AvgIpc) is 3.00. The molecule has 154 valence electrons. The van der Waals surface area contributed by atoms with Gasteiger partial charge in [-0.25, -0.2) is 0 Å².